The van der Waals surface area contributed by atoms with E-state index in [1.165, 1.54) is 35.6 Å². The molecule has 0 saturated heterocycles. The number of carbonyl (C=O) groups is 1. The summed E-state index contributed by atoms with van der Waals surface area (Å²) in [6.07, 6.45) is 0. The lowest BCUT2D eigenvalue weighted by molar-refractivity contribution is -0.120. The summed E-state index contributed by atoms with van der Waals surface area (Å²) in [5.74, 6) is 0.415. The van der Waals surface area contributed by atoms with Crippen LogP contribution in [0.4, 0.5) is 9.52 Å². The number of rotatable bonds is 10. The number of amides is 1. The van der Waals surface area contributed by atoms with Crippen LogP contribution in [0.3, 0.4) is 0 Å². The first kappa shape index (κ1) is 23.2. The fourth-order valence-electron chi connectivity index (χ4n) is 3.08. The van der Waals surface area contributed by atoms with Gasteiger partial charge in [0.05, 0.1) is 16.8 Å². The first-order chi connectivity index (χ1) is 15.0. The van der Waals surface area contributed by atoms with Gasteiger partial charge < -0.3 is 14.4 Å². The first-order valence-corrected chi connectivity index (χ1v) is 11.2. The zero-order chi connectivity index (χ0) is 22.4. The van der Waals surface area contributed by atoms with Crippen LogP contribution in [0.25, 0.3) is 10.2 Å². The number of benzene rings is 2. The molecule has 31 heavy (non-hydrogen) atoms. The van der Waals surface area contributed by atoms with E-state index in [-0.39, 0.29) is 18.3 Å². The highest BCUT2D eigenvalue weighted by Gasteiger charge is 2.23. The number of ether oxygens (including phenoxy) is 2. The van der Waals surface area contributed by atoms with Gasteiger partial charge in [-0.1, -0.05) is 36.8 Å². The van der Waals surface area contributed by atoms with Gasteiger partial charge in [-0.05, 0) is 49.5 Å². The monoisotopic (exact) mass is 465 g/mol. The Morgan fingerprint density at radius 1 is 1.13 bits per heavy atom. The van der Waals surface area contributed by atoms with E-state index in [9.17, 15) is 9.18 Å². The maximum absolute atomic E-state index is 13.1. The van der Waals surface area contributed by atoms with Crippen LogP contribution < -0.4 is 14.4 Å². The lowest BCUT2D eigenvalue weighted by Crippen LogP contribution is -2.41. The molecule has 3 aromatic rings. The third-order valence-corrected chi connectivity index (χ3v) is 6.45. The average molecular weight is 466 g/mol. The van der Waals surface area contributed by atoms with Gasteiger partial charge in [-0.2, -0.15) is 0 Å². The molecule has 0 saturated carbocycles. The van der Waals surface area contributed by atoms with Crippen LogP contribution in [0.5, 0.6) is 11.5 Å². The molecular weight excluding hydrogens is 441 g/mol. The zero-order valence-corrected chi connectivity index (χ0v) is 19.3. The smallest absolute Gasteiger partial charge is 0.266 e. The molecular formula is C22H25ClFN3O3S. The molecule has 0 spiro atoms. The van der Waals surface area contributed by atoms with Crippen molar-refractivity contribution in [2.75, 3.05) is 44.8 Å². The Morgan fingerprint density at radius 3 is 2.48 bits per heavy atom. The van der Waals surface area contributed by atoms with Crippen molar-refractivity contribution in [3.8, 4) is 11.5 Å². The molecule has 0 N–H and O–H groups in total. The highest BCUT2D eigenvalue weighted by Crippen LogP contribution is 2.38. The van der Waals surface area contributed by atoms with Crippen LogP contribution in [0.15, 0.2) is 36.4 Å². The standard InChI is InChI=1S/C22H25ClFN3O3S/c1-4-26(5-2)12-13-27(19(28)14-30-16-8-6-15(24)7-9-16)22-25-20-18(29-3)11-10-17(23)21(20)31-22/h6-11H,4-5,12-14H2,1-3H3. The third kappa shape index (κ3) is 5.64. The lowest BCUT2D eigenvalue weighted by Gasteiger charge is -2.24. The molecule has 0 aliphatic carbocycles. The first-order valence-electron chi connectivity index (χ1n) is 10.0. The molecule has 0 bridgehead atoms. The second-order valence-corrected chi connectivity index (χ2v) is 8.12. The zero-order valence-electron chi connectivity index (χ0n) is 17.7. The van der Waals surface area contributed by atoms with E-state index >= 15 is 0 Å². The number of hydrogen-bond donors (Lipinski definition) is 0. The summed E-state index contributed by atoms with van der Waals surface area (Å²) in [6, 6.07) is 9.08. The fourth-order valence-corrected chi connectivity index (χ4v) is 4.38. The third-order valence-electron chi connectivity index (χ3n) is 4.91. The Morgan fingerprint density at radius 2 is 1.84 bits per heavy atom. The number of thiazole rings is 1. The number of likely N-dealkylation sites (N-methyl/N-ethyl adjacent to an activating group) is 1. The topological polar surface area (TPSA) is 54.9 Å². The van der Waals surface area contributed by atoms with Crippen molar-refractivity contribution in [2.24, 2.45) is 0 Å². The van der Waals surface area contributed by atoms with Gasteiger partial charge in [0, 0.05) is 13.1 Å². The van der Waals surface area contributed by atoms with Crippen LogP contribution in [-0.4, -0.2) is 55.7 Å². The molecule has 1 aromatic heterocycles. The van der Waals surface area contributed by atoms with Gasteiger partial charge >= 0.3 is 0 Å². The van der Waals surface area contributed by atoms with Gasteiger partial charge in [0.15, 0.2) is 11.7 Å². The molecule has 9 heteroatoms. The van der Waals surface area contributed by atoms with E-state index in [2.05, 4.69) is 23.7 Å². The average Bonchev–Trinajstić information content (AvgIpc) is 3.22. The Hall–Kier alpha value is -2.42. The van der Waals surface area contributed by atoms with E-state index < -0.39 is 0 Å². The number of fused-ring (bicyclic) bond motifs is 1. The van der Waals surface area contributed by atoms with Crippen LogP contribution in [0, 0.1) is 5.82 Å². The van der Waals surface area contributed by atoms with Crippen LogP contribution in [-0.2, 0) is 4.79 Å². The maximum Gasteiger partial charge on any atom is 0.266 e. The van der Waals surface area contributed by atoms with Crippen molar-refractivity contribution < 1.29 is 18.7 Å². The van der Waals surface area contributed by atoms with Gasteiger partial charge in [0.1, 0.15) is 22.8 Å². The molecule has 3 rings (SSSR count). The number of halogens is 2. The van der Waals surface area contributed by atoms with E-state index in [1.807, 2.05) is 0 Å². The van der Waals surface area contributed by atoms with Crippen molar-refractivity contribution in [3.63, 3.8) is 0 Å². The Balaban J connectivity index is 1.86. The van der Waals surface area contributed by atoms with Crippen molar-refractivity contribution in [2.45, 2.75) is 13.8 Å². The molecule has 0 fully saturated rings. The molecule has 0 atom stereocenters. The Kier molecular flexibility index (Phi) is 8.06. The molecule has 6 nitrogen and oxygen atoms in total. The Labute approximate surface area is 190 Å². The molecule has 0 unspecified atom stereocenters. The predicted molar refractivity (Wildman–Crippen MR) is 123 cm³/mol. The minimum absolute atomic E-state index is 0.190. The summed E-state index contributed by atoms with van der Waals surface area (Å²) in [6.45, 7) is 6.87. The second kappa shape index (κ2) is 10.7. The summed E-state index contributed by atoms with van der Waals surface area (Å²) in [7, 11) is 1.57. The molecule has 166 valence electrons. The van der Waals surface area contributed by atoms with Gasteiger partial charge in [0.2, 0.25) is 0 Å². The van der Waals surface area contributed by atoms with Gasteiger partial charge in [-0.25, -0.2) is 9.37 Å². The van der Waals surface area contributed by atoms with Crippen LogP contribution in [0.1, 0.15) is 13.8 Å². The number of anilines is 1. The number of aromatic nitrogens is 1. The summed E-state index contributed by atoms with van der Waals surface area (Å²) in [5, 5.41) is 1.08. The molecule has 0 aliphatic rings. The van der Waals surface area contributed by atoms with Crippen molar-refractivity contribution in [3.05, 3.63) is 47.2 Å². The normalized spacial score (nSPS) is 11.2. The quantitative estimate of drug-likeness (QED) is 0.428. The van der Waals surface area contributed by atoms with Gasteiger partial charge in [-0.3, -0.25) is 9.69 Å². The van der Waals surface area contributed by atoms with Crippen LogP contribution >= 0.6 is 22.9 Å². The lowest BCUT2D eigenvalue weighted by atomic mass is 10.3. The van der Waals surface area contributed by atoms with E-state index in [4.69, 9.17) is 21.1 Å². The summed E-state index contributed by atoms with van der Waals surface area (Å²) < 4.78 is 24.9. The minimum atomic E-state index is -0.361. The summed E-state index contributed by atoms with van der Waals surface area (Å²) >= 11 is 7.70. The number of carbonyl (C=O) groups excluding carboxylic acids is 1. The fraction of sp³-hybridized carbons (Fsp3) is 0.364. The predicted octanol–water partition coefficient (Wildman–Crippen LogP) is 4.85. The maximum atomic E-state index is 13.1. The van der Waals surface area contributed by atoms with Crippen molar-refractivity contribution in [1.82, 2.24) is 9.88 Å². The SMILES string of the molecule is CCN(CC)CCN(C(=O)COc1ccc(F)cc1)c1nc2c(OC)ccc(Cl)c2s1. The highest BCUT2D eigenvalue weighted by molar-refractivity contribution is 7.23. The molecule has 2 aromatic carbocycles. The van der Waals surface area contributed by atoms with Crippen molar-refractivity contribution in [1.29, 1.82) is 0 Å². The number of hydrogen-bond acceptors (Lipinski definition) is 6. The molecule has 1 amide bonds. The molecule has 0 radical (unpaired) electrons. The summed E-state index contributed by atoms with van der Waals surface area (Å²) in [5.41, 5.74) is 0.620. The van der Waals surface area contributed by atoms with E-state index in [0.717, 1.165) is 17.8 Å². The molecule has 1 heterocycles. The van der Waals surface area contributed by atoms with Gasteiger partial charge in [-0.15, -0.1) is 0 Å². The number of nitrogens with zero attached hydrogens (tertiary/aromatic N) is 3. The van der Waals surface area contributed by atoms with Gasteiger partial charge in [0.25, 0.3) is 5.91 Å². The second-order valence-electron chi connectivity index (χ2n) is 6.74. The highest BCUT2D eigenvalue weighted by atomic mass is 35.5. The van der Waals surface area contributed by atoms with E-state index in [1.54, 1.807) is 24.1 Å². The minimum Gasteiger partial charge on any atom is -0.494 e. The largest absolute Gasteiger partial charge is 0.494 e. The summed E-state index contributed by atoms with van der Waals surface area (Å²) in [4.78, 5) is 21.6. The number of methoxy groups -OCH3 is 1. The van der Waals surface area contributed by atoms with Crippen molar-refractivity contribution >= 4 is 44.2 Å². The van der Waals surface area contributed by atoms with E-state index in [0.29, 0.717) is 40.3 Å². The molecule has 0 aliphatic heterocycles. The Bertz CT molecular complexity index is 1020. The van der Waals surface area contributed by atoms with Crippen LogP contribution in [0.2, 0.25) is 5.02 Å².